The molecule has 0 heterocycles. The molecule has 1 unspecified atom stereocenters. The molecule has 122 valence electrons. The van der Waals surface area contributed by atoms with Gasteiger partial charge in [0.05, 0.1) is 6.42 Å². The predicted molar refractivity (Wildman–Crippen MR) is 81.7 cm³/mol. The summed E-state index contributed by atoms with van der Waals surface area (Å²) in [5.41, 5.74) is 0.611. The van der Waals surface area contributed by atoms with Crippen LogP contribution >= 0.6 is 0 Å². The Kier molecular flexibility index (Phi) is 5.92. The van der Waals surface area contributed by atoms with E-state index in [1.165, 1.54) is 25.0 Å². The van der Waals surface area contributed by atoms with E-state index in [1.54, 1.807) is 0 Å². The average molecular weight is 310 g/mol. The van der Waals surface area contributed by atoms with E-state index in [1.807, 2.05) is 0 Å². The molecule has 1 atom stereocenters. The van der Waals surface area contributed by atoms with Crippen LogP contribution in [0.4, 0.5) is 8.78 Å². The monoisotopic (exact) mass is 310 g/mol. The molecule has 0 aliphatic heterocycles. The van der Waals surface area contributed by atoms with E-state index in [0.717, 1.165) is 37.7 Å². The molecule has 0 spiro atoms. The number of hydrogen-bond donors (Lipinski definition) is 1. The minimum Gasteiger partial charge on any atom is -0.481 e. The number of halogens is 2. The molecule has 1 aliphatic carbocycles. The van der Waals surface area contributed by atoms with E-state index in [0.29, 0.717) is 5.56 Å². The van der Waals surface area contributed by atoms with Crippen molar-refractivity contribution in [3.8, 4) is 0 Å². The van der Waals surface area contributed by atoms with Crippen LogP contribution in [-0.4, -0.2) is 11.1 Å². The molecule has 1 aliphatic rings. The van der Waals surface area contributed by atoms with Crippen molar-refractivity contribution < 1.29 is 18.7 Å². The van der Waals surface area contributed by atoms with Gasteiger partial charge in [-0.2, -0.15) is 0 Å². The molecule has 1 aromatic carbocycles. The Hall–Kier alpha value is -1.45. The highest BCUT2D eigenvalue weighted by atomic mass is 19.2. The van der Waals surface area contributed by atoms with E-state index in [2.05, 4.69) is 6.92 Å². The van der Waals surface area contributed by atoms with E-state index in [4.69, 9.17) is 5.11 Å². The lowest BCUT2D eigenvalue weighted by Crippen LogP contribution is -2.23. The Morgan fingerprint density at radius 1 is 1.23 bits per heavy atom. The molecule has 1 saturated carbocycles. The maximum absolute atomic E-state index is 13.5. The fourth-order valence-corrected chi connectivity index (χ4v) is 3.78. The smallest absolute Gasteiger partial charge is 0.303 e. The Morgan fingerprint density at radius 3 is 2.45 bits per heavy atom. The number of carboxylic acids is 1. The summed E-state index contributed by atoms with van der Waals surface area (Å²) in [7, 11) is 0. The summed E-state index contributed by atoms with van der Waals surface area (Å²) in [5.74, 6) is -1.91. The molecule has 1 fully saturated rings. The van der Waals surface area contributed by atoms with Crippen molar-refractivity contribution in [1.29, 1.82) is 0 Å². The minimum absolute atomic E-state index is 0.0197. The lowest BCUT2D eigenvalue weighted by molar-refractivity contribution is -0.137. The molecule has 0 bridgehead atoms. The molecule has 2 rings (SSSR count). The van der Waals surface area contributed by atoms with Gasteiger partial charge in [-0.25, -0.2) is 8.78 Å². The first kappa shape index (κ1) is 16.9. The van der Waals surface area contributed by atoms with Crippen LogP contribution in [0.1, 0.15) is 63.4 Å². The summed E-state index contributed by atoms with van der Waals surface area (Å²) in [6.07, 6.45) is 6.55. The van der Waals surface area contributed by atoms with E-state index < -0.39 is 17.6 Å². The molecular formula is C18H24F2O2. The van der Waals surface area contributed by atoms with Crippen molar-refractivity contribution >= 4 is 5.97 Å². The van der Waals surface area contributed by atoms with Crippen LogP contribution in [0.25, 0.3) is 0 Å². The molecule has 4 heteroatoms. The van der Waals surface area contributed by atoms with Gasteiger partial charge in [0.25, 0.3) is 0 Å². The SMILES string of the molecule is CCCC1CCC(C(CC(=O)O)c2ccc(F)c(F)c2)CC1. The van der Waals surface area contributed by atoms with Crippen molar-refractivity contribution in [2.75, 3.05) is 0 Å². The fraction of sp³-hybridized carbons (Fsp3) is 0.611. The normalized spacial score (nSPS) is 23.2. The molecule has 1 N–H and O–H groups in total. The summed E-state index contributed by atoms with van der Waals surface area (Å²) in [6, 6.07) is 3.80. The highest BCUT2D eigenvalue weighted by Crippen LogP contribution is 2.41. The summed E-state index contributed by atoms with van der Waals surface area (Å²) in [4.78, 5) is 11.2. The van der Waals surface area contributed by atoms with E-state index in [9.17, 15) is 13.6 Å². The van der Waals surface area contributed by atoms with Gasteiger partial charge >= 0.3 is 5.97 Å². The van der Waals surface area contributed by atoms with Crippen molar-refractivity contribution in [3.63, 3.8) is 0 Å². The molecule has 2 nitrogen and oxygen atoms in total. The fourth-order valence-electron chi connectivity index (χ4n) is 3.78. The summed E-state index contributed by atoms with van der Waals surface area (Å²) in [5, 5.41) is 9.17. The third kappa shape index (κ3) is 4.28. The number of carbonyl (C=O) groups is 1. The number of hydrogen-bond acceptors (Lipinski definition) is 1. The first-order valence-corrected chi connectivity index (χ1v) is 8.18. The Labute approximate surface area is 130 Å². The number of aliphatic carboxylic acids is 1. The van der Waals surface area contributed by atoms with Crippen molar-refractivity contribution in [2.24, 2.45) is 11.8 Å². The van der Waals surface area contributed by atoms with Gasteiger partial charge in [-0.05, 0) is 48.3 Å². The molecule has 22 heavy (non-hydrogen) atoms. The Bertz CT molecular complexity index is 508. The largest absolute Gasteiger partial charge is 0.481 e. The summed E-state index contributed by atoms with van der Waals surface area (Å²) < 4.78 is 26.6. The first-order chi connectivity index (χ1) is 10.5. The van der Waals surface area contributed by atoms with Gasteiger partial charge < -0.3 is 5.11 Å². The van der Waals surface area contributed by atoms with E-state index in [-0.39, 0.29) is 18.3 Å². The van der Waals surface area contributed by atoms with Crippen LogP contribution < -0.4 is 0 Å². The topological polar surface area (TPSA) is 37.3 Å². The highest BCUT2D eigenvalue weighted by molar-refractivity contribution is 5.68. The van der Waals surface area contributed by atoms with E-state index >= 15 is 0 Å². The van der Waals surface area contributed by atoms with Gasteiger partial charge in [0.15, 0.2) is 11.6 Å². The molecule has 0 amide bonds. The van der Waals surface area contributed by atoms with Crippen LogP contribution in [0.15, 0.2) is 18.2 Å². The lowest BCUT2D eigenvalue weighted by Gasteiger charge is -2.33. The van der Waals surface area contributed by atoms with Crippen LogP contribution in [-0.2, 0) is 4.79 Å². The van der Waals surface area contributed by atoms with Crippen molar-refractivity contribution in [2.45, 2.75) is 57.8 Å². The molecule has 1 aromatic rings. The lowest BCUT2D eigenvalue weighted by atomic mass is 9.71. The zero-order valence-corrected chi connectivity index (χ0v) is 13.0. The zero-order chi connectivity index (χ0) is 16.1. The Morgan fingerprint density at radius 2 is 1.91 bits per heavy atom. The number of rotatable bonds is 6. The first-order valence-electron chi connectivity index (χ1n) is 8.18. The molecule has 0 saturated heterocycles. The second-order valence-electron chi connectivity index (χ2n) is 6.45. The van der Waals surface area contributed by atoms with Gasteiger partial charge in [-0.1, -0.05) is 38.7 Å². The maximum Gasteiger partial charge on any atom is 0.303 e. The quantitative estimate of drug-likeness (QED) is 0.791. The van der Waals surface area contributed by atoms with Crippen LogP contribution in [0.5, 0.6) is 0 Å². The molecule has 0 radical (unpaired) electrons. The zero-order valence-electron chi connectivity index (χ0n) is 13.0. The van der Waals surface area contributed by atoms with Gasteiger partial charge in [-0.15, -0.1) is 0 Å². The van der Waals surface area contributed by atoms with Crippen molar-refractivity contribution in [3.05, 3.63) is 35.4 Å². The van der Waals surface area contributed by atoms with Crippen LogP contribution in [0.3, 0.4) is 0 Å². The number of carboxylic acid groups (broad SMARTS) is 1. The van der Waals surface area contributed by atoms with Gasteiger partial charge in [0.1, 0.15) is 0 Å². The standard InChI is InChI=1S/C18H24F2O2/c1-2-3-12-4-6-13(7-5-12)15(11-18(21)22)14-8-9-16(19)17(20)10-14/h8-10,12-13,15H,2-7,11H2,1H3,(H,21,22). The second kappa shape index (κ2) is 7.70. The van der Waals surface area contributed by atoms with Crippen molar-refractivity contribution in [1.82, 2.24) is 0 Å². The van der Waals surface area contributed by atoms with Crippen LogP contribution in [0.2, 0.25) is 0 Å². The molecule has 0 aromatic heterocycles. The Balaban J connectivity index is 2.13. The molecular weight excluding hydrogens is 286 g/mol. The van der Waals surface area contributed by atoms with Gasteiger partial charge in [0, 0.05) is 0 Å². The average Bonchev–Trinajstić information content (AvgIpc) is 2.49. The van der Waals surface area contributed by atoms with Gasteiger partial charge in [0.2, 0.25) is 0 Å². The third-order valence-corrected chi connectivity index (χ3v) is 4.92. The summed E-state index contributed by atoms with van der Waals surface area (Å²) >= 11 is 0. The third-order valence-electron chi connectivity index (χ3n) is 4.92. The summed E-state index contributed by atoms with van der Waals surface area (Å²) in [6.45, 7) is 2.18. The maximum atomic E-state index is 13.5. The van der Waals surface area contributed by atoms with Gasteiger partial charge in [-0.3, -0.25) is 4.79 Å². The number of benzene rings is 1. The predicted octanol–water partition coefficient (Wildman–Crippen LogP) is 5.13. The highest BCUT2D eigenvalue weighted by Gasteiger charge is 2.30. The second-order valence-corrected chi connectivity index (χ2v) is 6.45. The minimum atomic E-state index is -0.896. The van der Waals surface area contributed by atoms with Crippen LogP contribution in [0, 0.1) is 23.5 Å².